The molecule has 0 radical (unpaired) electrons. The molecule has 33 heavy (non-hydrogen) atoms. The molecular weight excluding hydrogens is 442 g/mol. The van der Waals surface area contributed by atoms with Gasteiger partial charge in [-0.15, -0.1) is 0 Å². The summed E-state index contributed by atoms with van der Waals surface area (Å²) in [5.41, 5.74) is 4.49. The van der Waals surface area contributed by atoms with E-state index < -0.39 is 5.97 Å². The maximum atomic E-state index is 12.8. The topological polar surface area (TPSA) is 68.2 Å². The Hall–Kier alpha value is -3.22. The second-order valence-electron chi connectivity index (χ2n) is 8.27. The minimum absolute atomic E-state index is 0.0571. The van der Waals surface area contributed by atoms with Crippen LogP contribution < -0.4 is 14.2 Å². The largest absolute Gasteiger partial charge is 0.504 e. The summed E-state index contributed by atoms with van der Waals surface area (Å²) in [6, 6.07) is 14.4. The standard InChI is InChI=1S/C26H24ClNO5/c1-31-23-10-16-8-9-28-14-19-18(11-21(28)17(16)12-22(23)29)20(27)13-24(32-2)25(19)33-26(30)15-6-4-3-5-7-15/h3-7,10,12-13,21,29H,8-9,11,14H2,1-2H3. The first-order chi connectivity index (χ1) is 16.0. The van der Waals surface area contributed by atoms with Crippen molar-refractivity contribution in [1.82, 2.24) is 4.90 Å². The van der Waals surface area contributed by atoms with Gasteiger partial charge in [0.15, 0.2) is 23.0 Å². The molecule has 0 fully saturated rings. The highest BCUT2D eigenvalue weighted by molar-refractivity contribution is 6.31. The van der Waals surface area contributed by atoms with E-state index in [2.05, 4.69) is 4.90 Å². The van der Waals surface area contributed by atoms with Crippen molar-refractivity contribution in [2.45, 2.75) is 25.4 Å². The van der Waals surface area contributed by atoms with Crippen LogP contribution in [0.15, 0.2) is 48.5 Å². The van der Waals surface area contributed by atoms with Gasteiger partial charge >= 0.3 is 5.97 Å². The zero-order chi connectivity index (χ0) is 23.1. The molecule has 2 aliphatic heterocycles. The molecule has 170 valence electrons. The van der Waals surface area contributed by atoms with Gasteiger partial charge in [-0.3, -0.25) is 4.90 Å². The van der Waals surface area contributed by atoms with Crippen molar-refractivity contribution in [3.05, 3.63) is 81.4 Å². The zero-order valence-electron chi connectivity index (χ0n) is 18.4. The summed E-state index contributed by atoms with van der Waals surface area (Å²) < 4.78 is 16.7. The van der Waals surface area contributed by atoms with Crippen molar-refractivity contribution in [3.8, 4) is 23.0 Å². The lowest BCUT2D eigenvalue weighted by Gasteiger charge is -2.42. The van der Waals surface area contributed by atoms with Crippen LogP contribution in [0.5, 0.6) is 23.0 Å². The van der Waals surface area contributed by atoms with E-state index in [1.165, 1.54) is 7.11 Å². The number of nitrogens with zero attached hydrogens (tertiary/aromatic N) is 1. The van der Waals surface area contributed by atoms with Gasteiger partial charge in [0.25, 0.3) is 0 Å². The van der Waals surface area contributed by atoms with Crippen molar-refractivity contribution in [2.24, 2.45) is 0 Å². The Kier molecular flexibility index (Phi) is 5.64. The molecular formula is C26H24ClNO5. The van der Waals surface area contributed by atoms with Crippen LogP contribution in [0.2, 0.25) is 5.02 Å². The normalized spacial score (nSPS) is 16.9. The Morgan fingerprint density at radius 2 is 1.82 bits per heavy atom. The summed E-state index contributed by atoms with van der Waals surface area (Å²) in [6.45, 7) is 1.38. The van der Waals surface area contributed by atoms with Gasteiger partial charge in [0.1, 0.15) is 0 Å². The number of benzene rings is 3. The lowest BCUT2D eigenvalue weighted by molar-refractivity contribution is 0.0722. The van der Waals surface area contributed by atoms with Crippen LogP contribution in [0.1, 0.15) is 38.7 Å². The first kappa shape index (κ1) is 21.6. The van der Waals surface area contributed by atoms with Crippen molar-refractivity contribution in [1.29, 1.82) is 0 Å². The smallest absolute Gasteiger partial charge is 0.343 e. The molecule has 1 unspecified atom stereocenters. The van der Waals surface area contributed by atoms with Gasteiger partial charge in [0.2, 0.25) is 0 Å². The Morgan fingerprint density at radius 3 is 2.55 bits per heavy atom. The molecule has 0 bridgehead atoms. The number of aromatic hydroxyl groups is 1. The number of hydrogen-bond donors (Lipinski definition) is 1. The highest BCUT2D eigenvalue weighted by atomic mass is 35.5. The maximum Gasteiger partial charge on any atom is 0.343 e. The van der Waals surface area contributed by atoms with Gasteiger partial charge in [0, 0.05) is 35.8 Å². The van der Waals surface area contributed by atoms with E-state index in [-0.39, 0.29) is 11.8 Å². The number of esters is 1. The minimum atomic E-state index is -0.443. The highest BCUT2D eigenvalue weighted by Gasteiger charge is 2.36. The summed E-state index contributed by atoms with van der Waals surface area (Å²) in [5, 5.41) is 11.0. The lowest BCUT2D eigenvalue weighted by atomic mass is 9.83. The van der Waals surface area contributed by atoms with Gasteiger partial charge in [-0.1, -0.05) is 29.8 Å². The monoisotopic (exact) mass is 465 g/mol. The van der Waals surface area contributed by atoms with Crippen LogP contribution in [0, 0.1) is 0 Å². The van der Waals surface area contributed by atoms with Crippen LogP contribution in [0.25, 0.3) is 0 Å². The molecule has 7 heteroatoms. The Balaban J connectivity index is 1.55. The van der Waals surface area contributed by atoms with Crippen LogP contribution in [0.4, 0.5) is 0 Å². The molecule has 0 spiro atoms. The summed E-state index contributed by atoms with van der Waals surface area (Å²) in [7, 11) is 3.09. The summed E-state index contributed by atoms with van der Waals surface area (Å²) in [6.07, 6.45) is 1.46. The van der Waals surface area contributed by atoms with Crippen molar-refractivity contribution in [3.63, 3.8) is 0 Å². The predicted octanol–water partition coefficient (Wildman–Crippen LogP) is 4.94. The summed E-state index contributed by atoms with van der Waals surface area (Å²) >= 11 is 6.68. The van der Waals surface area contributed by atoms with Gasteiger partial charge in [0.05, 0.1) is 19.8 Å². The SMILES string of the molecule is COc1cc2c(cc1O)C1Cc3c(Cl)cc(OC)c(OC(=O)c4ccccc4)c3CN1CC2. The molecule has 2 aliphatic rings. The van der Waals surface area contributed by atoms with Crippen molar-refractivity contribution < 1.29 is 24.1 Å². The van der Waals surface area contributed by atoms with E-state index >= 15 is 0 Å². The number of methoxy groups -OCH3 is 2. The third-order valence-corrected chi connectivity index (χ3v) is 6.84. The second-order valence-corrected chi connectivity index (χ2v) is 8.67. The fourth-order valence-corrected chi connectivity index (χ4v) is 5.12. The Bertz CT molecular complexity index is 1230. The fraction of sp³-hybridized carbons (Fsp3) is 0.269. The number of carbonyl (C=O) groups excluding carboxylic acids is 1. The van der Waals surface area contributed by atoms with Crippen LogP contribution >= 0.6 is 11.6 Å². The number of rotatable bonds is 4. The quantitative estimate of drug-likeness (QED) is 0.435. The molecule has 1 N–H and O–H groups in total. The number of phenols is 1. The van der Waals surface area contributed by atoms with Crippen LogP contribution in [-0.4, -0.2) is 36.7 Å². The average molecular weight is 466 g/mol. The third kappa shape index (κ3) is 3.79. The van der Waals surface area contributed by atoms with E-state index in [4.69, 9.17) is 25.8 Å². The van der Waals surface area contributed by atoms with Crippen molar-refractivity contribution in [2.75, 3.05) is 20.8 Å². The van der Waals surface area contributed by atoms with Gasteiger partial charge in [-0.05, 0) is 53.8 Å². The van der Waals surface area contributed by atoms with Crippen LogP contribution in [0.3, 0.4) is 0 Å². The van der Waals surface area contributed by atoms with E-state index in [1.54, 1.807) is 43.5 Å². The maximum absolute atomic E-state index is 12.8. The zero-order valence-corrected chi connectivity index (χ0v) is 19.2. The fourth-order valence-electron chi connectivity index (χ4n) is 4.83. The number of hydrogen-bond acceptors (Lipinski definition) is 6. The molecule has 3 aromatic carbocycles. The molecule has 5 rings (SSSR count). The first-order valence-corrected chi connectivity index (χ1v) is 11.2. The molecule has 1 atom stereocenters. The van der Waals surface area contributed by atoms with E-state index in [0.29, 0.717) is 40.8 Å². The Morgan fingerprint density at radius 1 is 1.06 bits per heavy atom. The molecule has 2 heterocycles. The van der Waals surface area contributed by atoms with Crippen molar-refractivity contribution >= 4 is 17.6 Å². The lowest BCUT2D eigenvalue weighted by Crippen LogP contribution is -2.39. The molecule has 3 aromatic rings. The number of carbonyl (C=O) groups is 1. The molecule has 0 aliphatic carbocycles. The van der Waals surface area contributed by atoms with E-state index in [0.717, 1.165) is 35.2 Å². The van der Waals surface area contributed by atoms with E-state index in [9.17, 15) is 9.90 Å². The van der Waals surface area contributed by atoms with Gasteiger partial charge in [-0.2, -0.15) is 0 Å². The molecule has 6 nitrogen and oxygen atoms in total. The number of phenolic OH excluding ortho intramolecular Hbond substituents is 1. The van der Waals surface area contributed by atoms with Gasteiger partial charge in [-0.25, -0.2) is 4.79 Å². The van der Waals surface area contributed by atoms with E-state index in [1.807, 2.05) is 12.1 Å². The molecule has 0 amide bonds. The second kappa shape index (κ2) is 8.61. The first-order valence-electron chi connectivity index (χ1n) is 10.8. The number of ether oxygens (including phenoxy) is 3. The minimum Gasteiger partial charge on any atom is -0.504 e. The summed E-state index contributed by atoms with van der Waals surface area (Å²) in [4.78, 5) is 15.2. The average Bonchev–Trinajstić information content (AvgIpc) is 2.84. The van der Waals surface area contributed by atoms with Gasteiger partial charge < -0.3 is 19.3 Å². The Labute approximate surface area is 197 Å². The third-order valence-electron chi connectivity index (χ3n) is 6.50. The molecule has 0 saturated heterocycles. The molecule has 0 aromatic heterocycles. The molecule has 0 saturated carbocycles. The highest BCUT2D eigenvalue weighted by Crippen LogP contribution is 2.48. The number of fused-ring (bicyclic) bond motifs is 4. The van der Waals surface area contributed by atoms with Crippen LogP contribution in [-0.2, 0) is 19.4 Å². The summed E-state index contributed by atoms with van der Waals surface area (Å²) in [5.74, 6) is 1.01. The number of halogens is 1. The predicted molar refractivity (Wildman–Crippen MR) is 125 cm³/mol.